The van der Waals surface area contributed by atoms with Gasteiger partial charge in [0.1, 0.15) is 0 Å². The number of hydrogen-bond donors (Lipinski definition) is 2. The van der Waals surface area contributed by atoms with Gasteiger partial charge >= 0.3 is 0 Å². The normalized spacial score (nSPS) is 13.7. The number of rotatable bonds is 13. The van der Waals surface area contributed by atoms with E-state index in [9.17, 15) is 0 Å². The number of para-hydroxylation sites is 3. The summed E-state index contributed by atoms with van der Waals surface area (Å²) in [5.74, 6) is 0. The van der Waals surface area contributed by atoms with Crippen molar-refractivity contribution in [3.05, 3.63) is 199 Å². The van der Waals surface area contributed by atoms with Crippen LogP contribution in [0.1, 0.15) is 37.0 Å². The molecule has 0 bridgehead atoms. The number of nitrogens with one attached hydrogen (secondary N) is 1. The van der Waals surface area contributed by atoms with Crippen LogP contribution in [0.4, 0.5) is 11.4 Å². The van der Waals surface area contributed by atoms with Gasteiger partial charge in [-0.3, -0.25) is 0 Å². The summed E-state index contributed by atoms with van der Waals surface area (Å²) in [5.41, 5.74) is 18.4. The zero-order valence-corrected chi connectivity index (χ0v) is 32.9. The van der Waals surface area contributed by atoms with Crippen molar-refractivity contribution in [3.8, 4) is 0 Å². The molecule has 0 aliphatic carbocycles. The summed E-state index contributed by atoms with van der Waals surface area (Å²) >= 11 is 0. The van der Waals surface area contributed by atoms with Crippen molar-refractivity contribution in [2.75, 3.05) is 24.1 Å². The molecule has 0 amide bonds. The average molecular weight is 726 g/mol. The number of allylic oxidation sites excluding steroid dienone is 12. The van der Waals surface area contributed by atoms with E-state index in [1.165, 1.54) is 15.7 Å². The molecular formula is C50H51N3S. The van der Waals surface area contributed by atoms with Crippen LogP contribution in [-0.2, 0) is 0 Å². The predicted octanol–water partition coefficient (Wildman–Crippen LogP) is 13.6. The van der Waals surface area contributed by atoms with Crippen LogP contribution in [0.2, 0.25) is 0 Å². The van der Waals surface area contributed by atoms with E-state index in [1.54, 1.807) is 0 Å². The first-order valence-corrected chi connectivity index (χ1v) is 21.2. The molecule has 3 N–H and O–H groups in total. The van der Waals surface area contributed by atoms with E-state index in [2.05, 4.69) is 201 Å². The van der Waals surface area contributed by atoms with E-state index in [4.69, 9.17) is 5.73 Å². The molecule has 0 saturated carbocycles. The zero-order valence-electron chi connectivity index (χ0n) is 32.1. The van der Waals surface area contributed by atoms with Gasteiger partial charge in [-0.15, -0.1) is 0 Å². The fourth-order valence-electron chi connectivity index (χ4n) is 6.70. The Bertz CT molecular complexity index is 2440. The zero-order chi connectivity index (χ0) is 38.1. The fraction of sp³-hybridized carbons (Fsp3) is 0.120. The van der Waals surface area contributed by atoms with Crippen LogP contribution in [0.5, 0.6) is 0 Å². The number of hydrogen-bond acceptors (Lipinski definition) is 2. The number of nitrogens with two attached hydrogens (primary N) is 1. The van der Waals surface area contributed by atoms with Gasteiger partial charge < -0.3 is 15.6 Å². The molecule has 6 aromatic rings. The Kier molecular flexibility index (Phi) is 12.1. The molecule has 0 spiro atoms. The molecule has 1 heterocycles. The van der Waals surface area contributed by atoms with Crippen LogP contribution in [0.15, 0.2) is 187 Å². The van der Waals surface area contributed by atoms with E-state index in [-0.39, 0.29) is 0 Å². The minimum atomic E-state index is -0.757. The Balaban J connectivity index is 1.31. The molecule has 272 valence electrons. The van der Waals surface area contributed by atoms with Crippen LogP contribution < -0.4 is 11.1 Å². The molecule has 0 aliphatic heterocycles. The largest absolute Gasteiger partial charge is 0.398 e. The van der Waals surface area contributed by atoms with Crippen LogP contribution in [0.25, 0.3) is 44.3 Å². The topological polar surface area (TPSA) is 43.0 Å². The van der Waals surface area contributed by atoms with Crippen LogP contribution in [0.3, 0.4) is 0 Å². The Hall–Kier alpha value is -5.97. The second-order valence-electron chi connectivity index (χ2n) is 14.1. The molecular weight excluding hydrogens is 675 g/mol. The molecule has 0 radical (unpaired) electrons. The third-order valence-corrected chi connectivity index (χ3v) is 11.1. The summed E-state index contributed by atoms with van der Waals surface area (Å²) in [6.45, 7) is 8.30. The highest BCUT2D eigenvalue weighted by Crippen LogP contribution is 2.45. The summed E-state index contributed by atoms with van der Waals surface area (Å²) in [4.78, 5) is 1.39. The summed E-state index contributed by atoms with van der Waals surface area (Å²) in [6, 6.07) is 42.9. The van der Waals surface area contributed by atoms with Gasteiger partial charge in [0.15, 0.2) is 0 Å². The van der Waals surface area contributed by atoms with Crippen molar-refractivity contribution in [1.29, 1.82) is 0 Å². The van der Waals surface area contributed by atoms with Gasteiger partial charge in [-0.25, -0.2) is 10.0 Å². The Morgan fingerprint density at radius 2 is 1.46 bits per heavy atom. The van der Waals surface area contributed by atoms with Gasteiger partial charge in [0.05, 0.1) is 11.0 Å². The minimum absolute atomic E-state index is 0.742. The van der Waals surface area contributed by atoms with Gasteiger partial charge in [0.2, 0.25) is 0 Å². The second-order valence-corrected chi connectivity index (χ2v) is 18.2. The number of anilines is 2. The summed E-state index contributed by atoms with van der Waals surface area (Å²) < 4.78 is 2.35. The lowest BCUT2D eigenvalue weighted by molar-refractivity contribution is 1.23. The predicted molar refractivity (Wildman–Crippen MR) is 243 cm³/mol. The quantitative estimate of drug-likeness (QED) is 0.116. The maximum Gasteiger partial charge on any atom is 0.0541 e. The van der Waals surface area contributed by atoms with Gasteiger partial charge in [-0.2, -0.15) is 0 Å². The van der Waals surface area contributed by atoms with Crippen molar-refractivity contribution >= 4 is 65.7 Å². The number of benzene rings is 5. The number of fused-ring (bicyclic) bond motifs is 3. The summed E-state index contributed by atoms with van der Waals surface area (Å²) in [7, 11) is -0.757. The van der Waals surface area contributed by atoms with E-state index >= 15 is 0 Å². The second kappa shape index (κ2) is 17.2. The van der Waals surface area contributed by atoms with Crippen LogP contribution >= 0.6 is 10.0 Å². The first-order valence-electron chi connectivity index (χ1n) is 18.4. The van der Waals surface area contributed by atoms with Gasteiger partial charge in [-0.05, 0) is 127 Å². The van der Waals surface area contributed by atoms with Crippen LogP contribution in [-0.4, -0.2) is 23.3 Å². The fourth-order valence-corrected chi connectivity index (χ4v) is 7.65. The molecule has 0 saturated heterocycles. The van der Waals surface area contributed by atoms with E-state index in [0.29, 0.717) is 0 Å². The Morgan fingerprint density at radius 1 is 0.778 bits per heavy atom. The number of nitrogens with zero attached hydrogens (tertiary/aromatic N) is 1. The molecule has 1 aromatic heterocycles. The molecule has 0 atom stereocenters. The maximum atomic E-state index is 6.48. The van der Waals surface area contributed by atoms with Crippen molar-refractivity contribution in [1.82, 2.24) is 4.57 Å². The highest BCUT2D eigenvalue weighted by Gasteiger charge is 2.14. The molecule has 5 aromatic carbocycles. The Morgan fingerprint density at radius 3 is 2.20 bits per heavy atom. The molecule has 0 unspecified atom stereocenters. The lowest BCUT2D eigenvalue weighted by atomic mass is 9.97. The highest BCUT2D eigenvalue weighted by molar-refractivity contribution is 8.32. The highest BCUT2D eigenvalue weighted by atomic mass is 32.3. The van der Waals surface area contributed by atoms with E-state index < -0.39 is 10.0 Å². The summed E-state index contributed by atoms with van der Waals surface area (Å²) in [6.07, 6.45) is 26.7. The van der Waals surface area contributed by atoms with Crippen molar-refractivity contribution < 1.29 is 0 Å². The first-order chi connectivity index (χ1) is 26.2. The summed E-state index contributed by atoms with van der Waals surface area (Å²) in [5, 5.41) is 6.01. The molecule has 0 aliphatic rings. The van der Waals surface area contributed by atoms with Gasteiger partial charge in [0.25, 0.3) is 0 Å². The lowest BCUT2D eigenvalue weighted by Gasteiger charge is -2.25. The maximum absolute atomic E-state index is 6.48. The van der Waals surface area contributed by atoms with Gasteiger partial charge in [-0.1, -0.05) is 122 Å². The van der Waals surface area contributed by atoms with Crippen LogP contribution in [0, 0.1) is 0 Å². The van der Waals surface area contributed by atoms with Crippen molar-refractivity contribution in [2.45, 2.75) is 25.2 Å². The Labute approximate surface area is 323 Å². The monoisotopic (exact) mass is 725 g/mol. The third kappa shape index (κ3) is 8.79. The number of aromatic nitrogens is 1. The first kappa shape index (κ1) is 37.8. The lowest BCUT2D eigenvalue weighted by Crippen LogP contribution is -1.98. The van der Waals surface area contributed by atoms with Crippen molar-refractivity contribution in [2.24, 2.45) is 5.73 Å². The van der Waals surface area contributed by atoms with E-state index in [0.717, 1.165) is 68.1 Å². The average Bonchev–Trinajstić information content (AvgIpc) is 3.51. The van der Waals surface area contributed by atoms with Crippen molar-refractivity contribution in [3.63, 3.8) is 0 Å². The van der Waals surface area contributed by atoms with E-state index in [1.807, 2.05) is 24.3 Å². The third-order valence-electron chi connectivity index (χ3n) is 9.45. The molecule has 54 heavy (non-hydrogen) atoms. The SMILES string of the molecule is C=C/C=C(\C=C(/C)c1ccccc1Nc1ccccc1)c1ccc2c(c1)c1ccccc1n2C(/C=C\C)=C/C=C/C/C=C(\N)c1ccc(S(C)(C)C)cc1. The standard InChI is InChI=1S/C50H51N3S/c1-7-19-39(35-37(3)44-24-15-17-27-48(44)52-41-21-11-9-12-22-41)40-31-34-50-46(36-40)45-25-16-18-28-49(45)53(50)42(20-8-2)23-13-10-14-26-47(51)38-29-32-43(33-30-38)54(4,5)6/h7-13,15-36,52H,1,14,51H2,2-6H3/b13-10+,20-8-,37-35+,39-19+,42-23+,47-26-. The van der Waals surface area contributed by atoms with Gasteiger partial charge in [0, 0.05) is 39.1 Å². The molecule has 4 heteroatoms. The minimum Gasteiger partial charge on any atom is -0.398 e. The molecule has 3 nitrogen and oxygen atoms in total. The molecule has 6 rings (SSSR count). The molecule has 0 fully saturated rings. The smallest absolute Gasteiger partial charge is 0.0541 e.